The number of hydrogen-bond donors (Lipinski definition) is 0. The lowest BCUT2D eigenvalue weighted by Crippen LogP contribution is -2.13. The summed E-state index contributed by atoms with van der Waals surface area (Å²) in [6, 6.07) is 0.979. The van der Waals surface area contributed by atoms with Crippen molar-refractivity contribution in [2.75, 3.05) is 18.1 Å². The molecule has 21 heavy (non-hydrogen) atoms. The van der Waals surface area contributed by atoms with E-state index in [4.69, 9.17) is 15.4 Å². The number of ether oxygens (including phenoxy) is 1. The lowest BCUT2D eigenvalue weighted by atomic mass is 10.3. The summed E-state index contributed by atoms with van der Waals surface area (Å²) < 4.78 is 76.5. The highest BCUT2D eigenvalue weighted by Crippen LogP contribution is 2.31. The van der Waals surface area contributed by atoms with Crippen LogP contribution >= 0.6 is 10.7 Å². The summed E-state index contributed by atoms with van der Waals surface area (Å²) in [5.74, 6) is -3.30. The van der Waals surface area contributed by atoms with Gasteiger partial charge in [0, 0.05) is 22.5 Å². The van der Waals surface area contributed by atoms with E-state index < -0.39 is 41.2 Å². The number of rotatable bonds is 7. The van der Waals surface area contributed by atoms with E-state index in [9.17, 15) is 25.6 Å². The van der Waals surface area contributed by atoms with Crippen LogP contribution in [0.4, 0.5) is 8.78 Å². The van der Waals surface area contributed by atoms with Crippen LogP contribution in [-0.2, 0) is 18.9 Å². The lowest BCUT2D eigenvalue weighted by Gasteiger charge is -2.10. The highest BCUT2D eigenvalue weighted by molar-refractivity contribution is 8.13. The molecule has 1 rings (SSSR count). The number of sulfone groups is 1. The van der Waals surface area contributed by atoms with Gasteiger partial charge in [0.05, 0.1) is 12.4 Å². The minimum Gasteiger partial charge on any atom is -0.489 e. The summed E-state index contributed by atoms with van der Waals surface area (Å²) in [5, 5.41) is 0. The van der Waals surface area contributed by atoms with Crippen molar-refractivity contribution in [2.45, 2.75) is 18.2 Å². The van der Waals surface area contributed by atoms with E-state index in [1.54, 1.807) is 0 Å². The molecule has 0 spiro atoms. The fraction of sp³-hybridized carbons (Fsp3) is 0.455. The van der Waals surface area contributed by atoms with Crippen LogP contribution in [0.1, 0.15) is 13.3 Å². The molecule has 0 atom stereocenters. The summed E-state index contributed by atoms with van der Waals surface area (Å²) in [6.45, 7) is 1.23. The van der Waals surface area contributed by atoms with E-state index in [-0.39, 0.29) is 24.5 Å². The third-order valence-electron chi connectivity index (χ3n) is 2.52. The molecule has 0 aromatic heterocycles. The van der Waals surface area contributed by atoms with Crippen molar-refractivity contribution in [2.24, 2.45) is 0 Å². The molecule has 0 N–H and O–H groups in total. The van der Waals surface area contributed by atoms with Crippen LogP contribution in [0.25, 0.3) is 0 Å². The van der Waals surface area contributed by atoms with E-state index >= 15 is 0 Å². The average Bonchev–Trinajstić information content (AvgIpc) is 2.34. The molecule has 0 aliphatic rings. The molecule has 0 heterocycles. The maximum atomic E-state index is 13.6. The maximum absolute atomic E-state index is 13.6. The largest absolute Gasteiger partial charge is 0.489 e. The van der Waals surface area contributed by atoms with Crippen molar-refractivity contribution < 1.29 is 30.4 Å². The first-order chi connectivity index (χ1) is 9.57. The Labute approximate surface area is 126 Å². The van der Waals surface area contributed by atoms with Gasteiger partial charge in [0.25, 0.3) is 9.05 Å². The van der Waals surface area contributed by atoms with Gasteiger partial charge in [0.2, 0.25) is 0 Å². The predicted molar refractivity (Wildman–Crippen MR) is 73.8 cm³/mol. The fourth-order valence-electron chi connectivity index (χ4n) is 1.46. The highest BCUT2D eigenvalue weighted by Gasteiger charge is 2.22. The average molecular weight is 363 g/mol. The standard InChI is InChI=1S/C11H13ClF2O5S2/c1-2-20(15,16)5-3-4-19-11-9(14)6-8(13)7-10(11)21(12,17)18/h6-7H,2-5H2,1H3. The zero-order valence-electron chi connectivity index (χ0n) is 11.0. The highest BCUT2D eigenvalue weighted by atomic mass is 35.7. The van der Waals surface area contributed by atoms with Crippen molar-refractivity contribution in [3.05, 3.63) is 23.8 Å². The van der Waals surface area contributed by atoms with Crippen LogP contribution in [0.2, 0.25) is 0 Å². The number of halogens is 3. The minimum atomic E-state index is -4.40. The van der Waals surface area contributed by atoms with Crippen LogP contribution in [0.15, 0.2) is 17.0 Å². The van der Waals surface area contributed by atoms with Crippen molar-refractivity contribution in [1.82, 2.24) is 0 Å². The Morgan fingerprint density at radius 3 is 2.33 bits per heavy atom. The quantitative estimate of drug-likeness (QED) is 0.548. The van der Waals surface area contributed by atoms with Crippen LogP contribution in [-0.4, -0.2) is 34.9 Å². The molecule has 0 unspecified atom stereocenters. The van der Waals surface area contributed by atoms with Crippen LogP contribution in [0, 0.1) is 11.6 Å². The zero-order chi connectivity index (χ0) is 16.3. The van der Waals surface area contributed by atoms with E-state index in [1.807, 2.05) is 0 Å². The molecule has 0 bridgehead atoms. The Balaban J connectivity index is 2.89. The number of hydrogen-bond acceptors (Lipinski definition) is 5. The first-order valence-corrected chi connectivity index (χ1v) is 9.97. The first kappa shape index (κ1) is 18.1. The lowest BCUT2D eigenvalue weighted by molar-refractivity contribution is 0.291. The predicted octanol–water partition coefficient (Wildman–Crippen LogP) is 2.10. The summed E-state index contributed by atoms with van der Waals surface area (Å²) in [6.07, 6.45) is 0.0365. The van der Waals surface area contributed by atoms with Gasteiger partial charge in [0.15, 0.2) is 11.6 Å². The number of benzene rings is 1. The molecule has 1 aromatic carbocycles. The first-order valence-electron chi connectivity index (χ1n) is 5.84. The third kappa shape index (κ3) is 5.40. The van der Waals surface area contributed by atoms with Gasteiger partial charge in [-0.3, -0.25) is 0 Å². The van der Waals surface area contributed by atoms with E-state index in [0.29, 0.717) is 12.1 Å². The van der Waals surface area contributed by atoms with Gasteiger partial charge < -0.3 is 4.74 Å². The molecule has 0 amide bonds. The van der Waals surface area contributed by atoms with Gasteiger partial charge in [-0.05, 0) is 12.5 Å². The SMILES string of the molecule is CCS(=O)(=O)CCCOc1c(F)cc(F)cc1S(=O)(=O)Cl. The summed E-state index contributed by atoms with van der Waals surface area (Å²) >= 11 is 0. The molecule has 10 heteroatoms. The molecule has 0 fully saturated rings. The minimum absolute atomic E-state index is 0.0365. The van der Waals surface area contributed by atoms with E-state index in [2.05, 4.69) is 0 Å². The summed E-state index contributed by atoms with van der Waals surface area (Å²) in [7, 11) is -2.53. The van der Waals surface area contributed by atoms with Crippen LogP contribution in [0.5, 0.6) is 5.75 Å². The zero-order valence-corrected chi connectivity index (χ0v) is 13.4. The third-order valence-corrected chi connectivity index (χ3v) is 5.64. The van der Waals surface area contributed by atoms with Crippen LogP contribution < -0.4 is 4.74 Å². The Kier molecular flexibility index (Phi) is 5.94. The van der Waals surface area contributed by atoms with Crippen molar-refractivity contribution in [1.29, 1.82) is 0 Å². The van der Waals surface area contributed by atoms with Crippen molar-refractivity contribution in [3.63, 3.8) is 0 Å². The maximum Gasteiger partial charge on any atom is 0.265 e. The normalized spacial score (nSPS) is 12.4. The van der Waals surface area contributed by atoms with E-state index in [0.717, 1.165) is 0 Å². The fourth-order valence-corrected chi connectivity index (χ4v) is 3.28. The topological polar surface area (TPSA) is 77.5 Å². The second-order valence-corrected chi connectivity index (χ2v) is 9.10. The van der Waals surface area contributed by atoms with Gasteiger partial charge in [-0.25, -0.2) is 25.6 Å². The smallest absolute Gasteiger partial charge is 0.265 e. The molecule has 0 aliphatic carbocycles. The second kappa shape index (κ2) is 6.89. The molecular formula is C11H13ClF2O5S2. The van der Waals surface area contributed by atoms with Crippen molar-refractivity contribution in [3.8, 4) is 5.75 Å². The Hall–Kier alpha value is -0.930. The molecule has 1 aromatic rings. The van der Waals surface area contributed by atoms with Gasteiger partial charge >= 0.3 is 0 Å². The van der Waals surface area contributed by atoms with E-state index in [1.165, 1.54) is 6.92 Å². The van der Waals surface area contributed by atoms with Crippen molar-refractivity contribution >= 4 is 29.6 Å². The van der Waals surface area contributed by atoms with Gasteiger partial charge in [-0.2, -0.15) is 0 Å². The molecule has 0 aliphatic heterocycles. The molecule has 0 saturated carbocycles. The molecule has 0 radical (unpaired) electrons. The summed E-state index contributed by atoms with van der Waals surface area (Å²) in [5.41, 5.74) is 0. The second-order valence-electron chi connectivity index (χ2n) is 4.09. The van der Waals surface area contributed by atoms with Gasteiger partial charge in [0.1, 0.15) is 20.5 Å². The molecule has 0 saturated heterocycles. The Bertz CT molecular complexity index is 716. The molecule has 120 valence electrons. The molecule has 5 nitrogen and oxygen atoms in total. The monoisotopic (exact) mass is 362 g/mol. The molecular weight excluding hydrogens is 350 g/mol. The van der Waals surface area contributed by atoms with Gasteiger partial charge in [-0.1, -0.05) is 6.92 Å². The Morgan fingerprint density at radius 1 is 1.19 bits per heavy atom. The summed E-state index contributed by atoms with van der Waals surface area (Å²) in [4.78, 5) is -0.833. The van der Waals surface area contributed by atoms with Gasteiger partial charge in [-0.15, -0.1) is 0 Å². The Morgan fingerprint density at radius 2 is 1.81 bits per heavy atom. The van der Waals surface area contributed by atoms with Crippen LogP contribution in [0.3, 0.4) is 0 Å².